The SMILES string of the molecule is FC(F)(F)CCc1ccnc(Br)c1. The van der Waals surface area contributed by atoms with Gasteiger partial charge in [-0.05, 0) is 40.0 Å². The number of alkyl halides is 3. The number of aromatic nitrogens is 1. The molecular weight excluding hydrogens is 247 g/mol. The highest BCUT2D eigenvalue weighted by atomic mass is 79.9. The lowest BCUT2D eigenvalue weighted by atomic mass is 10.1. The Hall–Kier alpha value is -0.580. The molecule has 0 aliphatic carbocycles. The summed E-state index contributed by atoms with van der Waals surface area (Å²) < 4.78 is 36.0. The molecule has 0 radical (unpaired) electrons. The van der Waals surface area contributed by atoms with E-state index in [9.17, 15) is 13.2 Å². The van der Waals surface area contributed by atoms with E-state index < -0.39 is 12.6 Å². The predicted octanol–water partition coefficient (Wildman–Crippen LogP) is 3.34. The van der Waals surface area contributed by atoms with E-state index in [0.717, 1.165) is 0 Å². The third-order valence-corrected chi connectivity index (χ3v) is 1.92. The van der Waals surface area contributed by atoms with Crippen LogP contribution in [0.15, 0.2) is 22.9 Å². The molecule has 5 heteroatoms. The minimum atomic E-state index is -4.09. The van der Waals surface area contributed by atoms with Crippen molar-refractivity contribution in [1.29, 1.82) is 0 Å². The van der Waals surface area contributed by atoms with Crippen molar-refractivity contribution >= 4 is 15.9 Å². The van der Waals surface area contributed by atoms with Gasteiger partial charge in [-0.25, -0.2) is 4.98 Å². The molecule has 0 aliphatic heterocycles. The van der Waals surface area contributed by atoms with Crippen molar-refractivity contribution in [3.05, 3.63) is 28.5 Å². The lowest BCUT2D eigenvalue weighted by molar-refractivity contribution is -0.133. The Kier molecular flexibility index (Phi) is 3.30. The molecule has 0 N–H and O–H groups in total. The molecule has 0 aliphatic rings. The lowest BCUT2D eigenvalue weighted by Gasteiger charge is -2.05. The van der Waals surface area contributed by atoms with E-state index >= 15 is 0 Å². The standard InChI is InChI=1S/C8H7BrF3N/c9-7-5-6(2-4-13-7)1-3-8(10,11)12/h2,4-5H,1,3H2. The number of rotatable bonds is 2. The van der Waals surface area contributed by atoms with Crippen molar-refractivity contribution in [3.8, 4) is 0 Å². The van der Waals surface area contributed by atoms with Crippen LogP contribution in [0.25, 0.3) is 0 Å². The highest BCUT2D eigenvalue weighted by Crippen LogP contribution is 2.22. The Balaban J connectivity index is 2.55. The molecule has 0 fully saturated rings. The molecule has 0 atom stereocenters. The van der Waals surface area contributed by atoms with Crippen LogP contribution in [0.3, 0.4) is 0 Å². The molecule has 13 heavy (non-hydrogen) atoms. The van der Waals surface area contributed by atoms with Crippen LogP contribution in [0, 0.1) is 0 Å². The number of hydrogen-bond donors (Lipinski definition) is 0. The molecule has 0 bridgehead atoms. The van der Waals surface area contributed by atoms with Gasteiger partial charge in [0.25, 0.3) is 0 Å². The van der Waals surface area contributed by atoms with Crippen LogP contribution < -0.4 is 0 Å². The fraction of sp³-hybridized carbons (Fsp3) is 0.375. The molecule has 0 saturated heterocycles. The van der Waals surface area contributed by atoms with Crippen LogP contribution in [0.1, 0.15) is 12.0 Å². The van der Waals surface area contributed by atoms with Gasteiger partial charge in [0, 0.05) is 12.6 Å². The zero-order valence-corrected chi connectivity index (χ0v) is 8.19. The van der Waals surface area contributed by atoms with Gasteiger partial charge in [-0.1, -0.05) is 0 Å². The van der Waals surface area contributed by atoms with Gasteiger partial charge in [-0.3, -0.25) is 0 Å². The Morgan fingerprint density at radius 3 is 2.62 bits per heavy atom. The lowest BCUT2D eigenvalue weighted by Crippen LogP contribution is -2.08. The van der Waals surface area contributed by atoms with Crippen molar-refractivity contribution in [2.45, 2.75) is 19.0 Å². The van der Waals surface area contributed by atoms with E-state index in [1.165, 1.54) is 6.20 Å². The number of pyridine rings is 1. The van der Waals surface area contributed by atoms with E-state index in [-0.39, 0.29) is 6.42 Å². The summed E-state index contributed by atoms with van der Waals surface area (Å²) in [4.78, 5) is 3.82. The monoisotopic (exact) mass is 253 g/mol. The van der Waals surface area contributed by atoms with Gasteiger partial charge in [0.2, 0.25) is 0 Å². The van der Waals surface area contributed by atoms with Crippen LogP contribution in [0.4, 0.5) is 13.2 Å². The second kappa shape index (κ2) is 4.09. The van der Waals surface area contributed by atoms with Crippen molar-refractivity contribution in [2.24, 2.45) is 0 Å². The van der Waals surface area contributed by atoms with Crippen LogP contribution in [-0.4, -0.2) is 11.2 Å². The zero-order valence-electron chi connectivity index (χ0n) is 6.61. The number of halogens is 4. The van der Waals surface area contributed by atoms with E-state index in [1.807, 2.05) is 0 Å². The average Bonchev–Trinajstić information content (AvgIpc) is 2.00. The zero-order chi connectivity index (χ0) is 9.90. The molecule has 0 amide bonds. The topological polar surface area (TPSA) is 12.9 Å². The van der Waals surface area contributed by atoms with Crippen molar-refractivity contribution < 1.29 is 13.2 Å². The Morgan fingerprint density at radius 2 is 2.08 bits per heavy atom. The minimum absolute atomic E-state index is 0.00458. The summed E-state index contributed by atoms with van der Waals surface area (Å²) in [5.41, 5.74) is 0.638. The van der Waals surface area contributed by atoms with Crippen LogP contribution in [0.5, 0.6) is 0 Å². The predicted molar refractivity (Wildman–Crippen MR) is 46.3 cm³/mol. The van der Waals surface area contributed by atoms with E-state index in [4.69, 9.17) is 0 Å². The number of nitrogens with zero attached hydrogens (tertiary/aromatic N) is 1. The first-order chi connectivity index (χ1) is 5.97. The van der Waals surface area contributed by atoms with Gasteiger partial charge < -0.3 is 0 Å². The molecule has 0 aromatic carbocycles. The molecule has 1 rings (SSSR count). The maximum absolute atomic E-state index is 11.8. The molecule has 72 valence electrons. The van der Waals surface area contributed by atoms with E-state index in [0.29, 0.717) is 10.2 Å². The molecule has 1 aromatic rings. The Morgan fingerprint density at radius 1 is 1.38 bits per heavy atom. The maximum atomic E-state index is 11.8. The summed E-state index contributed by atoms with van der Waals surface area (Å²) in [6.45, 7) is 0. The third kappa shape index (κ3) is 4.26. The van der Waals surface area contributed by atoms with Gasteiger partial charge in [-0.2, -0.15) is 13.2 Å². The van der Waals surface area contributed by atoms with Gasteiger partial charge in [0.1, 0.15) is 4.60 Å². The summed E-state index contributed by atoms with van der Waals surface area (Å²) in [7, 11) is 0. The van der Waals surface area contributed by atoms with E-state index in [2.05, 4.69) is 20.9 Å². The normalized spacial score (nSPS) is 11.7. The molecule has 0 spiro atoms. The second-order valence-corrected chi connectivity index (χ2v) is 3.41. The number of aryl methyl sites for hydroxylation is 1. The van der Waals surface area contributed by atoms with Crippen molar-refractivity contribution in [2.75, 3.05) is 0 Å². The van der Waals surface area contributed by atoms with Gasteiger partial charge >= 0.3 is 6.18 Å². The largest absolute Gasteiger partial charge is 0.389 e. The highest BCUT2D eigenvalue weighted by molar-refractivity contribution is 9.10. The van der Waals surface area contributed by atoms with Crippen molar-refractivity contribution in [1.82, 2.24) is 4.98 Å². The first-order valence-electron chi connectivity index (χ1n) is 3.64. The number of hydrogen-bond acceptors (Lipinski definition) is 1. The molecule has 1 nitrogen and oxygen atoms in total. The summed E-state index contributed by atoms with van der Waals surface area (Å²) in [6, 6.07) is 3.17. The first-order valence-corrected chi connectivity index (χ1v) is 4.44. The Labute approximate surface area is 82.1 Å². The second-order valence-electron chi connectivity index (χ2n) is 2.60. The Bertz CT molecular complexity index is 285. The summed E-state index contributed by atoms with van der Waals surface area (Å²) in [6.07, 6.45) is -3.39. The van der Waals surface area contributed by atoms with E-state index in [1.54, 1.807) is 12.1 Å². The molecule has 0 saturated carbocycles. The first kappa shape index (κ1) is 10.5. The molecule has 1 heterocycles. The molecule has 0 unspecified atom stereocenters. The summed E-state index contributed by atoms with van der Waals surface area (Å²) in [5.74, 6) is 0. The van der Waals surface area contributed by atoms with Gasteiger partial charge in [0.05, 0.1) is 0 Å². The summed E-state index contributed by atoms with van der Waals surface area (Å²) >= 11 is 3.09. The van der Waals surface area contributed by atoms with Gasteiger partial charge in [-0.15, -0.1) is 0 Å². The fourth-order valence-electron chi connectivity index (χ4n) is 0.884. The van der Waals surface area contributed by atoms with Crippen LogP contribution >= 0.6 is 15.9 Å². The minimum Gasteiger partial charge on any atom is -0.249 e. The third-order valence-electron chi connectivity index (χ3n) is 1.49. The van der Waals surface area contributed by atoms with Crippen LogP contribution in [-0.2, 0) is 6.42 Å². The molecule has 1 aromatic heterocycles. The quantitative estimate of drug-likeness (QED) is 0.737. The average molecular weight is 254 g/mol. The molecular formula is C8H7BrF3N. The fourth-order valence-corrected chi connectivity index (χ4v) is 1.30. The highest BCUT2D eigenvalue weighted by Gasteiger charge is 2.26. The maximum Gasteiger partial charge on any atom is 0.389 e. The summed E-state index contributed by atoms with van der Waals surface area (Å²) in [5, 5.41) is 0. The van der Waals surface area contributed by atoms with Crippen molar-refractivity contribution in [3.63, 3.8) is 0 Å². The van der Waals surface area contributed by atoms with Gasteiger partial charge in [0.15, 0.2) is 0 Å². The smallest absolute Gasteiger partial charge is 0.249 e. The van der Waals surface area contributed by atoms with Crippen LogP contribution in [0.2, 0.25) is 0 Å².